The first-order valence-corrected chi connectivity index (χ1v) is 25.4. The summed E-state index contributed by atoms with van der Waals surface area (Å²) in [7, 11) is 5.25. The molecule has 3 aliphatic heterocycles. The number of esters is 2. The SMILES string of the molecule is CC[C@H]1OC(=O)[C@H](C)[C@@H](OC2C[C@@](C)(OC)[C@@H](OC(=O)Cc3ccccc3)[C@H](C)O2)[C@H](C)[C@@H](O[C@@H]2O[C@H](C)C[C@H](N(C)C)[C@H]2O)C(C)(O)C[C@@H](C)/C(=N\OCCCOc2ccccc2)[C@H](C)[C@@H](O)[C@]1(C)O. The molecule has 17 heteroatoms. The molecule has 0 aliphatic carbocycles. The van der Waals surface area contributed by atoms with Gasteiger partial charge in [0, 0.05) is 43.7 Å². The van der Waals surface area contributed by atoms with Gasteiger partial charge in [-0.15, -0.1) is 0 Å². The van der Waals surface area contributed by atoms with Crippen LogP contribution in [0.5, 0.6) is 5.75 Å². The van der Waals surface area contributed by atoms with E-state index in [2.05, 4.69) is 5.16 Å². The van der Waals surface area contributed by atoms with Crippen LogP contribution < -0.4 is 4.74 Å². The van der Waals surface area contributed by atoms with E-state index < -0.39 is 108 Å². The van der Waals surface area contributed by atoms with Crippen LogP contribution >= 0.6 is 0 Å². The molecule has 2 unspecified atom stereocenters. The highest BCUT2D eigenvalue weighted by Gasteiger charge is 2.54. The van der Waals surface area contributed by atoms with Crippen LogP contribution in [0.25, 0.3) is 0 Å². The summed E-state index contributed by atoms with van der Waals surface area (Å²) < 4.78 is 50.8. The van der Waals surface area contributed by atoms with Gasteiger partial charge < -0.3 is 68.1 Å². The van der Waals surface area contributed by atoms with Crippen molar-refractivity contribution in [1.82, 2.24) is 4.90 Å². The van der Waals surface area contributed by atoms with Crippen LogP contribution in [-0.2, 0) is 54.0 Å². The largest absolute Gasteiger partial charge is 0.493 e. The first-order valence-electron chi connectivity index (χ1n) is 25.4. The van der Waals surface area contributed by atoms with Crippen LogP contribution in [-0.4, -0.2) is 162 Å². The molecule has 2 aromatic rings. The summed E-state index contributed by atoms with van der Waals surface area (Å²) in [6.07, 6.45) is -9.20. The average molecular weight is 1000 g/mol. The molecule has 0 aromatic heterocycles. The molecule has 400 valence electrons. The molecule has 18 atom stereocenters. The molecule has 5 rings (SSSR count). The molecule has 17 nitrogen and oxygen atoms in total. The van der Waals surface area contributed by atoms with Crippen molar-refractivity contribution in [3.8, 4) is 5.75 Å². The van der Waals surface area contributed by atoms with E-state index in [0.29, 0.717) is 25.2 Å². The van der Waals surface area contributed by atoms with Crippen molar-refractivity contribution in [2.75, 3.05) is 34.4 Å². The maximum absolute atomic E-state index is 14.7. The second-order valence-electron chi connectivity index (χ2n) is 21.1. The third-order valence-corrected chi connectivity index (χ3v) is 14.8. The van der Waals surface area contributed by atoms with E-state index in [-0.39, 0.29) is 44.4 Å². The summed E-state index contributed by atoms with van der Waals surface area (Å²) in [5.41, 5.74) is -3.78. The molecule has 0 radical (unpaired) electrons. The van der Waals surface area contributed by atoms with Gasteiger partial charge in [-0.25, -0.2) is 0 Å². The molecule has 0 saturated carbocycles. The number of carbonyl (C=O) groups excluding carboxylic acids is 2. The lowest BCUT2D eigenvalue weighted by molar-refractivity contribution is -0.318. The lowest BCUT2D eigenvalue weighted by Crippen LogP contribution is -2.61. The second kappa shape index (κ2) is 25.5. The highest BCUT2D eigenvalue weighted by atomic mass is 16.7. The van der Waals surface area contributed by atoms with Crippen molar-refractivity contribution >= 4 is 17.7 Å². The number of methoxy groups -OCH3 is 1. The number of aliphatic hydroxyl groups excluding tert-OH is 2. The summed E-state index contributed by atoms with van der Waals surface area (Å²) in [4.78, 5) is 35.8. The van der Waals surface area contributed by atoms with Crippen LogP contribution in [0.1, 0.15) is 107 Å². The van der Waals surface area contributed by atoms with Crippen molar-refractivity contribution in [3.63, 3.8) is 0 Å². The maximum Gasteiger partial charge on any atom is 0.311 e. The van der Waals surface area contributed by atoms with Gasteiger partial charge in [-0.2, -0.15) is 0 Å². The Hall–Kier alpha value is -3.75. The lowest BCUT2D eigenvalue weighted by atomic mass is 9.73. The van der Waals surface area contributed by atoms with E-state index in [1.165, 1.54) is 14.0 Å². The Kier molecular flexibility index (Phi) is 20.9. The molecule has 2 aromatic carbocycles. The number of hydrogen-bond acceptors (Lipinski definition) is 17. The lowest BCUT2D eigenvalue weighted by Gasteiger charge is -2.49. The maximum atomic E-state index is 14.7. The Morgan fingerprint density at radius 1 is 0.859 bits per heavy atom. The number of benzene rings is 2. The monoisotopic (exact) mass is 1000 g/mol. The minimum atomic E-state index is -1.99. The van der Waals surface area contributed by atoms with E-state index in [4.69, 9.17) is 42.7 Å². The molecule has 3 aliphatic rings. The topological polar surface area (TPSA) is 214 Å². The fourth-order valence-corrected chi connectivity index (χ4v) is 10.7. The van der Waals surface area contributed by atoms with Crippen molar-refractivity contribution in [2.45, 2.75) is 192 Å². The van der Waals surface area contributed by atoms with E-state index in [1.807, 2.05) is 93.5 Å². The Morgan fingerprint density at radius 3 is 2.13 bits per heavy atom. The minimum absolute atomic E-state index is 0.0342. The molecule has 0 spiro atoms. The number of hydrogen-bond donors (Lipinski definition) is 4. The standard InChI is InChI=1S/C54H84N2O15/c1-14-41-54(10,62)47(59)34(4)44(55-65-27-21-26-64-39-24-19-16-20-25-39)32(2)30-52(8,61)48(71-51-45(58)40(56(11)12)28-33(3)66-51)35(5)46(36(6)50(60)68-41)70-43-31-53(9,63-13)49(37(7)67-43)69-42(57)29-38-22-17-15-18-23-38/h15-20,22-25,32-37,40-41,43,45-49,51,58-59,61-62H,14,21,26-31H2,1-13H3/b55-44+/t32-,33-,34+,35+,36-,37+,40+,41-,43?,45-,46+,47-,48-,49+,51+,52?,53-,54-/m1/s1. The zero-order valence-corrected chi connectivity index (χ0v) is 44.3. The van der Waals surface area contributed by atoms with Crippen molar-refractivity contribution < 1.29 is 72.7 Å². The number of ether oxygens (including phenoxy) is 8. The van der Waals surface area contributed by atoms with Crippen molar-refractivity contribution in [2.24, 2.45) is 28.8 Å². The van der Waals surface area contributed by atoms with Crippen LogP contribution in [0.15, 0.2) is 65.8 Å². The minimum Gasteiger partial charge on any atom is -0.493 e. The van der Waals surface area contributed by atoms with Gasteiger partial charge in [-0.3, -0.25) is 9.59 Å². The van der Waals surface area contributed by atoms with Crippen molar-refractivity contribution in [3.05, 3.63) is 66.2 Å². The van der Waals surface area contributed by atoms with E-state index in [9.17, 15) is 30.0 Å². The second-order valence-corrected chi connectivity index (χ2v) is 21.1. The molecule has 71 heavy (non-hydrogen) atoms. The van der Waals surface area contributed by atoms with Gasteiger partial charge >= 0.3 is 11.9 Å². The van der Waals surface area contributed by atoms with E-state index >= 15 is 0 Å². The van der Waals surface area contributed by atoms with Crippen LogP contribution in [0.3, 0.4) is 0 Å². The van der Waals surface area contributed by atoms with Gasteiger partial charge in [-0.05, 0) is 92.6 Å². The number of para-hydroxylation sites is 1. The summed E-state index contributed by atoms with van der Waals surface area (Å²) >= 11 is 0. The van der Waals surface area contributed by atoms with E-state index in [0.717, 1.165) is 11.3 Å². The first kappa shape index (κ1) is 58.1. The molecule has 0 bridgehead atoms. The molecule has 4 N–H and O–H groups in total. The van der Waals surface area contributed by atoms with Crippen LogP contribution in [0.4, 0.5) is 0 Å². The number of likely N-dealkylation sites (N-methyl/N-ethyl adjacent to an activating group) is 1. The van der Waals surface area contributed by atoms with Gasteiger partial charge in [0.05, 0.1) is 60.8 Å². The quantitative estimate of drug-likeness (QED) is 0.0882. The molecule has 3 fully saturated rings. The summed E-state index contributed by atoms with van der Waals surface area (Å²) in [5.74, 6) is -3.98. The van der Waals surface area contributed by atoms with Crippen LogP contribution in [0.2, 0.25) is 0 Å². The normalized spacial score (nSPS) is 39.3. The zero-order valence-electron chi connectivity index (χ0n) is 44.3. The molecular formula is C54H84N2O15. The van der Waals surface area contributed by atoms with E-state index in [1.54, 1.807) is 48.5 Å². The van der Waals surface area contributed by atoms with Gasteiger partial charge in [0.15, 0.2) is 18.7 Å². The highest BCUT2D eigenvalue weighted by molar-refractivity contribution is 5.88. The van der Waals surface area contributed by atoms with Gasteiger partial charge in [0.1, 0.15) is 35.8 Å². The summed E-state index contributed by atoms with van der Waals surface area (Å²) in [6, 6.07) is 18.3. The molecular weight excluding hydrogens is 917 g/mol. The van der Waals surface area contributed by atoms with Crippen LogP contribution in [0, 0.1) is 23.7 Å². The van der Waals surface area contributed by atoms with Gasteiger partial charge in [-0.1, -0.05) is 81.4 Å². The third-order valence-electron chi connectivity index (χ3n) is 14.8. The highest BCUT2D eigenvalue weighted by Crippen LogP contribution is 2.42. The summed E-state index contributed by atoms with van der Waals surface area (Å²) in [6.45, 7) is 17.7. The number of aliphatic hydroxyl groups is 4. The fourth-order valence-electron chi connectivity index (χ4n) is 10.7. The number of cyclic esters (lactones) is 1. The number of carbonyl (C=O) groups is 2. The zero-order chi connectivity index (χ0) is 52.4. The van der Waals surface area contributed by atoms with Gasteiger partial charge in [0.25, 0.3) is 0 Å². The smallest absolute Gasteiger partial charge is 0.311 e. The Labute approximate surface area is 421 Å². The predicted molar refractivity (Wildman–Crippen MR) is 265 cm³/mol. The Morgan fingerprint density at radius 2 is 1.51 bits per heavy atom. The van der Waals surface area contributed by atoms with Gasteiger partial charge in [0.2, 0.25) is 0 Å². The predicted octanol–water partition coefficient (Wildman–Crippen LogP) is 5.85. The van der Waals surface area contributed by atoms with Crippen molar-refractivity contribution in [1.29, 1.82) is 0 Å². The fraction of sp³-hybridized carbons (Fsp3) is 0.722. The number of oxime groups is 1. The number of rotatable bonds is 16. The molecule has 0 amide bonds. The molecule has 3 heterocycles. The average Bonchev–Trinajstić information content (AvgIpc) is 3.32. The molecule has 3 saturated heterocycles. The Balaban J connectivity index is 1.53. The summed E-state index contributed by atoms with van der Waals surface area (Å²) in [5, 5.41) is 53.7. The number of nitrogens with zero attached hydrogens (tertiary/aromatic N) is 2. The third kappa shape index (κ3) is 14.7. The Bertz CT molecular complexity index is 1990. The first-order chi connectivity index (χ1) is 33.4.